The van der Waals surface area contributed by atoms with Crippen LogP contribution in [0, 0.1) is 5.82 Å². The van der Waals surface area contributed by atoms with E-state index in [1.54, 1.807) is 13.0 Å². The molecular weight excluding hydrogens is 253 g/mol. The van der Waals surface area contributed by atoms with Gasteiger partial charge in [0.2, 0.25) is 0 Å². The SMILES string of the molecule is CC(O)c1cc(F)ccc1N1c2ccccc2CC1C. The van der Waals surface area contributed by atoms with Gasteiger partial charge < -0.3 is 10.0 Å². The van der Waals surface area contributed by atoms with Crippen molar-refractivity contribution < 1.29 is 9.50 Å². The Morgan fingerprint density at radius 2 is 1.95 bits per heavy atom. The average molecular weight is 271 g/mol. The van der Waals surface area contributed by atoms with Crippen LogP contribution in [0.25, 0.3) is 0 Å². The summed E-state index contributed by atoms with van der Waals surface area (Å²) in [5.41, 5.74) is 3.96. The Hall–Kier alpha value is -1.87. The fraction of sp³-hybridized carbons (Fsp3) is 0.294. The van der Waals surface area contributed by atoms with Crippen LogP contribution in [0.2, 0.25) is 0 Å². The van der Waals surface area contributed by atoms with Crippen LogP contribution >= 0.6 is 0 Å². The molecule has 2 aromatic rings. The number of hydrogen-bond acceptors (Lipinski definition) is 2. The number of aliphatic hydroxyl groups is 1. The summed E-state index contributed by atoms with van der Waals surface area (Å²) in [6.45, 7) is 3.82. The molecule has 0 fully saturated rings. The number of halogens is 1. The number of anilines is 2. The van der Waals surface area contributed by atoms with Gasteiger partial charge in [0.05, 0.1) is 6.10 Å². The number of rotatable bonds is 2. The lowest BCUT2D eigenvalue weighted by molar-refractivity contribution is 0.199. The van der Waals surface area contributed by atoms with Crippen LogP contribution < -0.4 is 4.90 Å². The third-order valence-electron chi connectivity index (χ3n) is 3.91. The molecule has 3 heteroatoms. The standard InChI is InChI=1S/C17H18FNO/c1-11-9-13-5-3-4-6-16(13)19(11)17-8-7-14(18)10-15(17)12(2)20/h3-8,10-12,20H,9H2,1-2H3. The summed E-state index contributed by atoms with van der Waals surface area (Å²) in [6.07, 6.45) is 0.271. The molecule has 1 aliphatic heterocycles. The Balaban J connectivity index is 2.14. The van der Waals surface area contributed by atoms with Crippen molar-refractivity contribution in [2.24, 2.45) is 0 Å². The van der Waals surface area contributed by atoms with Crippen molar-refractivity contribution in [1.29, 1.82) is 0 Å². The molecule has 2 unspecified atom stereocenters. The fourth-order valence-electron chi connectivity index (χ4n) is 3.01. The van der Waals surface area contributed by atoms with Crippen LogP contribution in [0.5, 0.6) is 0 Å². The summed E-state index contributed by atoms with van der Waals surface area (Å²) in [5.74, 6) is -0.315. The van der Waals surface area contributed by atoms with Gasteiger partial charge in [0, 0.05) is 23.0 Å². The smallest absolute Gasteiger partial charge is 0.123 e. The maximum absolute atomic E-state index is 13.5. The number of para-hydroxylation sites is 1. The van der Waals surface area contributed by atoms with E-state index in [9.17, 15) is 9.50 Å². The van der Waals surface area contributed by atoms with Crippen LogP contribution in [0.1, 0.15) is 31.1 Å². The summed E-state index contributed by atoms with van der Waals surface area (Å²) < 4.78 is 13.5. The third-order valence-corrected chi connectivity index (χ3v) is 3.91. The molecule has 0 aliphatic carbocycles. The summed E-state index contributed by atoms with van der Waals surface area (Å²) in [5, 5.41) is 9.93. The summed E-state index contributed by atoms with van der Waals surface area (Å²) in [7, 11) is 0. The maximum Gasteiger partial charge on any atom is 0.123 e. The van der Waals surface area contributed by atoms with Crippen molar-refractivity contribution in [2.75, 3.05) is 4.90 Å². The lowest BCUT2D eigenvalue weighted by atomic mass is 10.1. The summed E-state index contributed by atoms with van der Waals surface area (Å²) >= 11 is 0. The lowest BCUT2D eigenvalue weighted by Crippen LogP contribution is -2.25. The van der Waals surface area contributed by atoms with Crippen LogP contribution in [0.3, 0.4) is 0 Å². The van der Waals surface area contributed by atoms with Crippen molar-refractivity contribution >= 4 is 11.4 Å². The van der Waals surface area contributed by atoms with Crippen LogP contribution in [0.4, 0.5) is 15.8 Å². The van der Waals surface area contributed by atoms with Gasteiger partial charge in [-0.25, -0.2) is 4.39 Å². The van der Waals surface area contributed by atoms with Crippen LogP contribution in [-0.2, 0) is 6.42 Å². The first-order chi connectivity index (χ1) is 9.58. The number of benzene rings is 2. The van der Waals surface area contributed by atoms with E-state index in [1.807, 2.05) is 12.1 Å². The Labute approximate surface area is 118 Å². The van der Waals surface area contributed by atoms with Crippen molar-refractivity contribution in [3.8, 4) is 0 Å². The second kappa shape index (κ2) is 4.91. The lowest BCUT2D eigenvalue weighted by Gasteiger charge is -2.28. The predicted octanol–water partition coefficient (Wildman–Crippen LogP) is 3.96. The monoisotopic (exact) mass is 271 g/mol. The Morgan fingerprint density at radius 1 is 1.20 bits per heavy atom. The number of nitrogens with zero attached hydrogens (tertiary/aromatic N) is 1. The zero-order valence-electron chi connectivity index (χ0n) is 11.7. The molecule has 2 nitrogen and oxygen atoms in total. The van der Waals surface area contributed by atoms with E-state index in [0.717, 1.165) is 17.8 Å². The fourth-order valence-corrected chi connectivity index (χ4v) is 3.01. The van der Waals surface area contributed by atoms with Gasteiger partial charge >= 0.3 is 0 Å². The zero-order valence-corrected chi connectivity index (χ0v) is 11.7. The molecule has 0 spiro atoms. The molecule has 104 valence electrons. The second-order valence-electron chi connectivity index (χ2n) is 5.43. The van der Waals surface area contributed by atoms with E-state index in [-0.39, 0.29) is 5.82 Å². The topological polar surface area (TPSA) is 23.5 Å². The normalized spacial score (nSPS) is 19.0. The van der Waals surface area contributed by atoms with Crippen molar-refractivity contribution in [3.05, 3.63) is 59.4 Å². The van der Waals surface area contributed by atoms with Crippen LogP contribution in [0.15, 0.2) is 42.5 Å². The molecule has 0 amide bonds. The largest absolute Gasteiger partial charge is 0.389 e. The van der Waals surface area contributed by atoms with Gasteiger partial charge in [0.25, 0.3) is 0 Å². The van der Waals surface area contributed by atoms with E-state index in [0.29, 0.717) is 11.6 Å². The molecule has 0 saturated carbocycles. The molecule has 0 radical (unpaired) electrons. The first-order valence-electron chi connectivity index (χ1n) is 6.92. The predicted molar refractivity (Wildman–Crippen MR) is 78.8 cm³/mol. The van der Waals surface area contributed by atoms with Gasteiger partial charge in [-0.05, 0) is 50.1 Å². The maximum atomic E-state index is 13.5. The third kappa shape index (κ3) is 2.08. The highest BCUT2D eigenvalue weighted by molar-refractivity contribution is 5.73. The van der Waals surface area contributed by atoms with Gasteiger partial charge in [0.15, 0.2) is 0 Å². The van der Waals surface area contributed by atoms with E-state index in [2.05, 4.69) is 24.0 Å². The van der Waals surface area contributed by atoms with E-state index in [1.165, 1.54) is 17.7 Å². The molecule has 20 heavy (non-hydrogen) atoms. The molecule has 1 aliphatic rings. The molecule has 3 rings (SSSR count). The van der Waals surface area contributed by atoms with Gasteiger partial charge in [-0.3, -0.25) is 0 Å². The summed E-state index contributed by atoms with van der Waals surface area (Å²) in [4.78, 5) is 2.19. The molecule has 1 heterocycles. The van der Waals surface area contributed by atoms with Crippen molar-refractivity contribution in [2.45, 2.75) is 32.4 Å². The molecular formula is C17H18FNO. The van der Waals surface area contributed by atoms with Gasteiger partial charge in [0.1, 0.15) is 5.82 Å². The minimum Gasteiger partial charge on any atom is -0.389 e. The van der Waals surface area contributed by atoms with Gasteiger partial charge in [-0.15, -0.1) is 0 Å². The van der Waals surface area contributed by atoms with E-state index >= 15 is 0 Å². The first-order valence-corrected chi connectivity index (χ1v) is 6.92. The van der Waals surface area contributed by atoms with Crippen molar-refractivity contribution in [3.63, 3.8) is 0 Å². The molecule has 2 atom stereocenters. The number of hydrogen-bond donors (Lipinski definition) is 1. The Bertz CT molecular complexity index is 639. The highest BCUT2D eigenvalue weighted by atomic mass is 19.1. The first kappa shape index (κ1) is 13.1. The minimum atomic E-state index is -0.694. The Kier molecular flexibility index (Phi) is 3.22. The zero-order chi connectivity index (χ0) is 14.3. The molecule has 0 saturated heterocycles. The molecule has 0 aromatic heterocycles. The number of aliphatic hydroxyl groups excluding tert-OH is 1. The van der Waals surface area contributed by atoms with Crippen LogP contribution in [-0.4, -0.2) is 11.1 Å². The quantitative estimate of drug-likeness (QED) is 0.893. The average Bonchev–Trinajstić information content (AvgIpc) is 2.74. The second-order valence-corrected chi connectivity index (χ2v) is 5.43. The number of fused-ring (bicyclic) bond motifs is 1. The highest BCUT2D eigenvalue weighted by Crippen LogP contribution is 2.41. The molecule has 1 N–H and O–H groups in total. The van der Waals surface area contributed by atoms with E-state index < -0.39 is 6.10 Å². The minimum absolute atomic E-state index is 0.301. The summed E-state index contributed by atoms with van der Waals surface area (Å²) in [6, 6.07) is 13.2. The van der Waals surface area contributed by atoms with Crippen molar-refractivity contribution in [1.82, 2.24) is 0 Å². The van der Waals surface area contributed by atoms with Gasteiger partial charge in [-0.1, -0.05) is 18.2 Å². The highest BCUT2D eigenvalue weighted by Gasteiger charge is 2.29. The molecule has 0 bridgehead atoms. The van der Waals surface area contributed by atoms with E-state index in [4.69, 9.17) is 0 Å². The van der Waals surface area contributed by atoms with Gasteiger partial charge in [-0.2, -0.15) is 0 Å². The molecule has 2 aromatic carbocycles. The Morgan fingerprint density at radius 3 is 2.70 bits per heavy atom.